The van der Waals surface area contributed by atoms with E-state index >= 15 is 0 Å². The molecule has 3 aromatic carbocycles. The van der Waals surface area contributed by atoms with Crippen LogP contribution in [0, 0.1) is 0 Å². The zero-order valence-corrected chi connectivity index (χ0v) is 26.4. The third kappa shape index (κ3) is 8.11. The number of aromatic nitrogens is 1. The second-order valence-electron chi connectivity index (χ2n) is 11.0. The maximum Gasteiger partial charge on any atom is 0.534 e. The van der Waals surface area contributed by atoms with Gasteiger partial charge in [0, 0.05) is 17.6 Å². The standard InChI is InChI=1S/C35H40F3NO4S/c1-4-6-8-10-13-26-22-32(27(14-11-9-7-5-2)21-31(26)25-17-19-29(42-3)20-18-25)30-16-12-15-28-23-34(39-24-33(28)30)43-44(40,41)35(36,37)38/h12,15-24H,4-11,13-14H2,1-3H3. The SMILES string of the molecule is CCCCCCc1cc(-c2cccc3cc(OS(=O)(=O)C(F)(F)F)ncc23)c(CCCCCC)cc1-c1ccc(OC)cc1. The molecule has 4 aromatic rings. The molecule has 0 unspecified atom stereocenters. The summed E-state index contributed by atoms with van der Waals surface area (Å²) in [5.41, 5.74) is 1.10. The highest BCUT2D eigenvalue weighted by Crippen LogP contribution is 2.38. The molecule has 0 amide bonds. The highest BCUT2D eigenvalue weighted by atomic mass is 32.2. The van der Waals surface area contributed by atoms with E-state index in [0.29, 0.717) is 10.8 Å². The number of pyridine rings is 1. The normalized spacial score (nSPS) is 12.0. The molecule has 0 fully saturated rings. The molecule has 0 aliphatic rings. The number of benzene rings is 3. The summed E-state index contributed by atoms with van der Waals surface area (Å²) >= 11 is 0. The van der Waals surface area contributed by atoms with Crippen LogP contribution in [0.3, 0.4) is 0 Å². The average molecular weight is 628 g/mol. The molecule has 0 N–H and O–H groups in total. The summed E-state index contributed by atoms with van der Waals surface area (Å²) in [6, 6.07) is 19.4. The molecule has 0 saturated heterocycles. The molecule has 0 aliphatic carbocycles. The Morgan fingerprint density at radius 2 is 1.36 bits per heavy atom. The van der Waals surface area contributed by atoms with Crippen LogP contribution in [0.15, 0.2) is 66.9 Å². The van der Waals surface area contributed by atoms with Crippen LogP contribution in [0.5, 0.6) is 11.6 Å². The van der Waals surface area contributed by atoms with Crippen LogP contribution >= 0.6 is 0 Å². The fourth-order valence-electron chi connectivity index (χ4n) is 5.47. The molecule has 0 saturated carbocycles. The first kappa shape index (κ1) is 33.3. The fourth-order valence-corrected chi connectivity index (χ4v) is 5.88. The summed E-state index contributed by atoms with van der Waals surface area (Å²) in [7, 11) is -4.17. The summed E-state index contributed by atoms with van der Waals surface area (Å²) in [5.74, 6) is 0.169. The minimum atomic E-state index is -5.83. The Bertz CT molecular complexity index is 1650. The molecular weight excluding hydrogens is 587 g/mol. The Kier molecular flexibility index (Phi) is 11.3. The number of methoxy groups -OCH3 is 1. The topological polar surface area (TPSA) is 65.5 Å². The van der Waals surface area contributed by atoms with Crippen molar-refractivity contribution < 1.29 is 30.5 Å². The van der Waals surface area contributed by atoms with Crippen molar-refractivity contribution in [2.24, 2.45) is 0 Å². The minimum absolute atomic E-state index is 0.533. The molecule has 1 aromatic heterocycles. The van der Waals surface area contributed by atoms with Gasteiger partial charge in [0.05, 0.1) is 7.11 Å². The molecule has 9 heteroatoms. The number of alkyl halides is 3. The Hall–Kier alpha value is -3.59. The van der Waals surface area contributed by atoms with Gasteiger partial charge in [0.15, 0.2) is 0 Å². The van der Waals surface area contributed by atoms with Crippen molar-refractivity contribution in [3.63, 3.8) is 0 Å². The first-order valence-corrected chi connectivity index (χ1v) is 16.7. The number of hydrogen-bond acceptors (Lipinski definition) is 5. The third-order valence-corrected chi connectivity index (χ3v) is 8.79. The van der Waals surface area contributed by atoms with E-state index in [9.17, 15) is 21.6 Å². The van der Waals surface area contributed by atoms with E-state index in [-0.39, 0.29) is 0 Å². The van der Waals surface area contributed by atoms with Crippen LogP contribution in [0.25, 0.3) is 33.0 Å². The lowest BCUT2D eigenvalue weighted by Gasteiger charge is -2.19. The number of ether oxygens (including phenoxy) is 1. The van der Waals surface area contributed by atoms with Crippen LogP contribution < -0.4 is 8.92 Å². The highest BCUT2D eigenvalue weighted by Gasteiger charge is 2.48. The predicted octanol–water partition coefficient (Wildman–Crippen LogP) is 10.1. The summed E-state index contributed by atoms with van der Waals surface area (Å²) in [4.78, 5) is 3.97. The number of rotatable bonds is 15. The van der Waals surface area contributed by atoms with E-state index in [1.165, 1.54) is 35.4 Å². The number of halogens is 3. The maximum atomic E-state index is 12.9. The Morgan fingerprint density at radius 3 is 1.95 bits per heavy atom. The van der Waals surface area contributed by atoms with Crippen molar-refractivity contribution in [2.75, 3.05) is 7.11 Å². The Balaban J connectivity index is 1.84. The second-order valence-corrected chi connectivity index (χ2v) is 12.6. The maximum absolute atomic E-state index is 12.9. The van der Waals surface area contributed by atoms with E-state index in [4.69, 9.17) is 4.74 Å². The van der Waals surface area contributed by atoms with E-state index in [1.807, 2.05) is 24.3 Å². The molecule has 0 spiro atoms. The number of aryl methyl sites for hydroxylation is 2. The van der Waals surface area contributed by atoms with E-state index in [0.717, 1.165) is 80.2 Å². The number of fused-ring (bicyclic) bond motifs is 1. The molecule has 0 atom stereocenters. The van der Waals surface area contributed by atoms with Gasteiger partial charge in [-0.2, -0.15) is 21.6 Å². The highest BCUT2D eigenvalue weighted by molar-refractivity contribution is 7.87. The van der Waals surface area contributed by atoms with E-state index in [1.54, 1.807) is 13.2 Å². The van der Waals surface area contributed by atoms with Gasteiger partial charge >= 0.3 is 15.6 Å². The van der Waals surface area contributed by atoms with Gasteiger partial charge in [0.2, 0.25) is 5.88 Å². The quantitative estimate of drug-likeness (QED) is 0.0746. The van der Waals surface area contributed by atoms with Gasteiger partial charge in [0.1, 0.15) is 5.75 Å². The largest absolute Gasteiger partial charge is 0.534 e. The molecule has 4 rings (SSSR count). The monoisotopic (exact) mass is 627 g/mol. The van der Waals surface area contributed by atoms with Gasteiger partial charge in [-0.05, 0) is 76.6 Å². The third-order valence-electron chi connectivity index (χ3n) is 7.84. The molecule has 5 nitrogen and oxygen atoms in total. The van der Waals surface area contributed by atoms with Gasteiger partial charge in [-0.3, -0.25) is 0 Å². The zero-order chi connectivity index (χ0) is 31.7. The fraction of sp³-hybridized carbons (Fsp3) is 0.400. The van der Waals surface area contributed by atoms with Gasteiger partial charge in [0.25, 0.3) is 0 Å². The predicted molar refractivity (Wildman–Crippen MR) is 170 cm³/mol. The van der Waals surface area contributed by atoms with Crippen molar-refractivity contribution in [1.29, 1.82) is 0 Å². The van der Waals surface area contributed by atoms with E-state index in [2.05, 4.69) is 47.3 Å². The summed E-state index contributed by atoms with van der Waals surface area (Å²) in [6.07, 6.45) is 12.1. The van der Waals surface area contributed by atoms with Crippen molar-refractivity contribution in [1.82, 2.24) is 4.98 Å². The van der Waals surface area contributed by atoms with Crippen molar-refractivity contribution in [2.45, 2.75) is 83.6 Å². The number of unbranched alkanes of at least 4 members (excludes halogenated alkanes) is 6. The van der Waals surface area contributed by atoms with Crippen LogP contribution in [-0.2, 0) is 23.0 Å². The Labute approximate surface area is 258 Å². The van der Waals surface area contributed by atoms with Gasteiger partial charge < -0.3 is 8.92 Å². The molecule has 236 valence electrons. The van der Waals surface area contributed by atoms with Gasteiger partial charge in [-0.15, -0.1) is 0 Å². The van der Waals surface area contributed by atoms with Gasteiger partial charge in [-0.25, -0.2) is 4.98 Å². The summed E-state index contributed by atoms with van der Waals surface area (Å²) in [5, 5.41) is 1.23. The van der Waals surface area contributed by atoms with Crippen molar-refractivity contribution in [3.8, 4) is 33.9 Å². The molecule has 0 radical (unpaired) electrons. The number of nitrogens with zero attached hydrogens (tertiary/aromatic N) is 1. The van der Waals surface area contributed by atoms with Crippen LogP contribution in [0.4, 0.5) is 13.2 Å². The van der Waals surface area contributed by atoms with Gasteiger partial charge in [-0.1, -0.05) is 94.8 Å². The lowest BCUT2D eigenvalue weighted by atomic mass is 9.86. The van der Waals surface area contributed by atoms with Crippen molar-refractivity contribution in [3.05, 3.63) is 78.0 Å². The zero-order valence-electron chi connectivity index (χ0n) is 25.5. The molecule has 44 heavy (non-hydrogen) atoms. The molecule has 1 heterocycles. The first-order chi connectivity index (χ1) is 21.1. The second kappa shape index (κ2) is 14.9. The first-order valence-electron chi connectivity index (χ1n) is 15.3. The van der Waals surface area contributed by atoms with Crippen LogP contribution in [0.2, 0.25) is 0 Å². The van der Waals surface area contributed by atoms with Crippen molar-refractivity contribution >= 4 is 20.9 Å². The Morgan fingerprint density at radius 1 is 0.750 bits per heavy atom. The summed E-state index contributed by atoms with van der Waals surface area (Å²) in [6.45, 7) is 4.37. The lowest BCUT2D eigenvalue weighted by Crippen LogP contribution is -2.28. The smallest absolute Gasteiger partial charge is 0.497 e. The molecule has 0 aliphatic heterocycles. The lowest BCUT2D eigenvalue weighted by molar-refractivity contribution is -0.0501. The van der Waals surface area contributed by atoms with E-state index < -0.39 is 21.5 Å². The average Bonchev–Trinajstić information content (AvgIpc) is 3.00. The number of hydrogen-bond donors (Lipinski definition) is 0. The summed E-state index contributed by atoms with van der Waals surface area (Å²) < 4.78 is 71.7. The van der Waals surface area contributed by atoms with Crippen LogP contribution in [0.1, 0.15) is 76.3 Å². The van der Waals surface area contributed by atoms with Crippen LogP contribution in [-0.4, -0.2) is 26.0 Å². The molecular formula is C35H40F3NO4S. The molecule has 0 bridgehead atoms. The minimum Gasteiger partial charge on any atom is -0.497 e.